The van der Waals surface area contributed by atoms with E-state index in [2.05, 4.69) is 4.84 Å². The van der Waals surface area contributed by atoms with E-state index >= 15 is 0 Å². The average molecular weight is 150 g/mol. The fourth-order valence-corrected chi connectivity index (χ4v) is 0.663. The Morgan fingerprint density at radius 2 is 2.33 bits per heavy atom. The zero-order chi connectivity index (χ0) is 7.11. The van der Waals surface area contributed by atoms with Crippen LogP contribution in [0.1, 0.15) is 26.2 Å². The number of halogens is 1. The van der Waals surface area contributed by atoms with E-state index in [1.165, 1.54) is 0 Å². The van der Waals surface area contributed by atoms with E-state index in [4.69, 9.17) is 11.8 Å². The normalized spacial score (nSPS) is 9.56. The van der Waals surface area contributed by atoms with Crippen LogP contribution in [0.2, 0.25) is 0 Å². The first kappa shape index (κ1) is 8.92. The van der Waals surface area contributed by atoms with Gasteiger partial charge in [-0.1, -0.05) is 6.92 Å². The highest BCUT2D eigenvalue weighted by atomic mass is 35.5. The molecule has 9 heavy (non-hydrogen) atoms. The van der Waals surface area contributed by atoms with E-state index in [9.17, 15) is 4.79 Å². The van der Waals surface area contributed by atoms with E-state index in [-0.39, 0.29) is 0 Å². The van der Waals surface area contributed by atoms with Crippen molar-refractivity contribution < 1.29 is 4.79 Å². The summed E-state index contributed by atoms with van der Waals surface area (Å²) in [7, 11) is 0. The number of hydrogen-bond donors (Lipinski definition) is 1. The molecule has 1 N–H and O–H groups in total. The van der Waals surface area contributed by atoms with Crippen LogP contribution in [0.25, 0.3) is 0 Å². The molecule has 0 aliphatic heterocycles. The molecule has 0 saturated carbocycles. The van der Waals surface area contributed by atoms with Crippen LogP contribution in [0.3, 0.4) is 0 Å². The van der Waals surface area contributed by atoms with E-state index in [1.54, 1.807) is 0 Å². The van der Waals surface area contributed by atoms with Gasteiger partial charge in [0.2, 0.25) is 0 Å². The Kier molecular flexibility index (Phi) is 5.99. The molecule has 0 amide bonds. The number of rotatable bonds is 5. The number of ketones is 1. The molecule has 0 aliphatic carbocycles. The molecule has 0 fully saturated rings. The molecule has 0 aromatic carbocycles. The predicted octanol–water partition coefficient (Wildman–Crippen LogP) is 1.49. The van der Waals surface area contributed by atoms with Crippen LogP contribution in [0.15, 0.2) is 0 Å². The quantitative estimate of drug-likeness (QED) is 0.474. The standard InChI is InChI=1S/C6H12ClNO/c1-2-6(9)4-3-5-8-7/h8H,2-5H2,1H3. The maximum absolute atomic E-state index is 10.6. The minimum absolute atomic E-state index is 0.307. The van der Waals surface area contributed by atoms with Gasteiger partial charge in [0.05, 0.1) is 0 Å². The topological polar surface area (TPSA) is 29.1 Å². The Morgan fingerprint density at radius 3 is 2.78 bits per heavy atom. The van der Waals surface area contributed by atoms with Crippen molar-refractivity contribution in [2.75, 3.05) is 6.54 Å². The molecule has 0 heterocycles. The van der Waals surface area contributed by atoms with Crippen molar-refractivity contribution in [1.29, 1.82) is 0 Å². The van der Waals surface area contributed by atoms with Crippen molar-refractivity contribution in [3.8, 4) is 0 Å². The summed E-state index contributed by atoms with van der Waals surface area (Å²) in [6, 6.07) is 0. The molecule has 0 unspecified atom stereocenters. The third-order valence-corrected chi connectivity index (χ3v) is 1.31. The maximum Gasteiger partial charge on any atom is 0.132 e. The first-order valence-corrected chi connectivity index (χ1v) is 3.54. The molecule has 54 valence electrons. The molecule has 0 aromatic rings. The number of hydrogen-bond acceptors (Lipinski definition) is 2. The summed E-state index contributed by atoms with van der Waals surface area (Å²) in [4.78, 5) is 13.1. The zero-order valence-corrected chi connectivity index (χ0v) is 6.37. The number of Topliss-reactive ketones (excluding diaryl/α,β-unsaturated/α-hetero) is 1. The molecule has 0 aromatic heterocycles. The summed E-state index contributed by atoms with van der Waals surface area (Å²) >= 11 is 5.17. The molecule has 3 heteroatoms. The van der Waals surface area contributed by atoms with Crippen LogP contribution in [-0.4, -0.2) is 12.3 Å². The molecule has 0 rings (SSSR count). The Labute approximate surface area is 60.7 Å². The van der Waals surface area contributed by atoms with Gasteiger partial charge in [0.1, 0.15) is 5.78 Å². The van der Waals surface area contributed by atoms with Crippen LogP contribution in [-0.2, 0) is 4.79 Å². The molecule has 0 saturated heterocycles. The Bertz CT molecular complexity index is 85.1. The molecule has 0 aliphatic rings. The largest absolute Gasteiger partial charge is 0.300 e. The van der Waals surface area contributed by atoms with Crippen LogP contribution in [0, 0.1) is 0 Å². The fourth-order valence-electron chi connectivity index (χ4n) is 0.529. The molecule has 0 atom stereocenters. The van der Waals surface area contributed by atoms with E-state index in [0.29, 0.717) is 25.2 Å². The van der Waals surface area contributed by atoms with Crippen LogP contribution < -0.4 is 4.84 Å². The van der Waals surface area contributed by atoms with Crippen molar-refractivity contribution in [3.63, 3.8) is 0 Å². The van der Waals surface area contributed by atoms with Crippen molar-refractivity contribution in [1.82, 2.24) is 4.84 Å². The average Bonchev–Trinajstić information content (AvgIpc) is 1.89. The Hall–Kier alpha value is -0.0800. The minimum atomic E-state index is 0.307. The lowest BCUT2D eigenvalue weighted by Crippen LogP contribution is -2.04. The van der Waals surface area contributed by atoms with Crippen molar-refractivity contribution in [3.05, 3.63) is 0 Å². The van der Waals surface area contributed by atoms with Gasteiger partial charge in [-0.3, -0.25) is 4.79 Å². The summed E-state index contributed by atoms with van der Waals surface area (Å²) in [5.74, 6) is 0.307. The van der Waals surface area contributed by atoms with Crippen molar-refractivity contribution >= 4 is 17.6 Å². The second-order valence-corrected chi connectivity index (χ2v) is 2.15. The van der Waals surface area contributed by atoms with Gasteiger partial charge in [0.15, 0.2) is 0 Å². The summed E-state index contributed by atoms with van der Waals surface area (Å²) in [5.41, 5.74) is 0. The highest BCUT2D eigenvalue weighted by Crippen LogP contribution is 1.92. The van der Waals surface area contributed by atoms with Gasteiger partial charge in [-0.2, -0.15) is 0 Å². The third-order valence-electron chi connectivity index (χ3n) is 1.12. The first-order valence-electron chi connectivity index (χ1n) is 3.16. The fraction of sp³-hybridized carbons (Fsp3) is 0.833. The third kappa shape index (κ3) is 5.80. The SMILES string of the molecule is CCC(=O)CCCNCl. The zero-order valence-electron chi connectivity index (χ0n) is 5.61. The van der Waals surface area contributed by atoms with Gasteiger partial charge in [-0.25, -0.2) is 4.84 Å². The highest BCUT2D eigenvalue weighted by Gasteiger charge is 1.95. The molecule has 0 bridgehead atoms. The predicted molar refractivity (Wildman–Crippen MR) is 38.4 cm³/mol. The molecular weight excluding hydrogens is 138 g/mol. The monoisotopic (exact) mass is 149 g/mol. The summed E-state index contributed by atoms with van der Waals surface area (Å²) in [6.07, 6.45) is 2.13. The van der Waals surface area contributed by atoms with Gasteiger partial charge in [-0.15, -0.1) is 0 Å². The van der Waals surface area contributed by atoms with Gasteiger partial charge < -0.3 is 0 Å². The lowest BCUT2D eigenvalue weighted by molar-refractivity contribution is -0.118. The smallest absolute Gasteiger partial charge is 0.132 e. The van der Waals surface area contributed by atoms with E-state index < -0.39 is 0 Å². The lowest BCUT2D eigenvalue weighted by atomic mass is 10.2. The second-order valence-electron chi connectivity index (χ2n) is 1.88. The summed E-state index contributed by atoms with van der Waals surface area (Å²) < 4.78 is 0. The van der Waals surface area contributed by atoms with Crippen molar-refractivity contribution in [2.24, 2.45) is 0 Å². The highest BCUT2D eigenvalue weighted by molar-refractivity contribution is 6.13. The molecule has 0 radical (unpaired) electrons. The van der Waals surface area contributed by atoms with Crippen LogP contribution >= 0.6 is 11.8 Å². The molecular formula is C6H12ClNO. The Balaban J connectivity index is 2.97. The summed E-state index contributed by atoms with van der Waals surface area (Å²) in [5, 5.41) is 0. The van der Waals surface area contributed by atoms with Gasteiger partial charge in [-0.05, 0) is 18.2 Å². The summed E-state index contributed by atoms with van der Waals surface area (Å²) in [6.45, 7) is 2.59. The van der Waals surface area contributed by atoms with Crippen LogP contribution in [0.5, 0.6) is 0 Å². The molecule has 2 nitrogen and oxygen atoms in total. The van der Waals surface area contributed by atoms with Gasteiger partial charge >= 0.3 is 0 Å². The number of carbonyl (C=O) groups excluding carboxylic acids is 1. The van der Waals surface area contributed by atoms with E-state index in [1.807, 2.05) is 6.92 Å². The second kappa shape index (κ2) is 6.05. The first-order chi connectivity index (χ1) is 4.31. The Morgan fingerprint density at radius 1 is 1.67 bits per heavy atom. The van der Waals surface area contributed by atoms with Crippen LogP contribution in [0.4, 0.5) is 0 Å². The number of carbonyl (C=O) groups is 1. The lowest BCUT2D eigenvalue weighted by Gasteiger charge is -1.94. The van der Waals surface area contributed by atoms with Crippen molar-refractivity contribution in [2.45, 2.75) is 26.2 Å². The maximum atomic E-state index is 10.6. The van der Waals surface area contributed by atoms with E-state index in [0.717, 1.165) is 6.42 Å². The van der Waals surface area contributed by atoms with Gasteiger partial charge in [0.25, 0.3) is 0 Å². The van der Waals surface area contributed by atoms with Gasteiger partial charge in [0, 0.05) is 19.4 Å². The minimum Gasteiger partial charge on any atom is -0.300 e. The molecule has 0 spiro atoms. The number of nitrogens with one attached hydrogen (secondary N) is 1.